The Morgan fingerprint density at radius 3 is 2.80 bits per heavy atom. The van der Waals surface area contributed by atoms with Gasteiger partial charge in [-0.25, -0.2) is 4.79 Å². The molecule has 7 heteroatoms. The summed E-state index contributed by atoms with van der Waals surface area (Å²) in [4.78, 5) is 29.4. The molecular weight excluding hydrogens is 320 g/mol. The minimum atomic E-state index is -0.563. The molecule has 128 valence electrons. The first-order valence-corrected chi connectivity index (χ1v) is 8.13. The molecule has 0 saturated carbocycles. The summed E-state index contributed by atoms with van der Waals surface area (Å²) in [5, 5.41) is 7.72. The Labute approximate surface area is 144 Å². The van der Waals surface area contributed by atoms with Crippen LogP contribution >= 0.6 is 0 Å². The minimum Gasteiger partial charge on any atom is -0.361 e. The molecule has 7 nitrogen and oxygen atoms in total. The molecule has 1 aliphatic heterocycles. The van der Waals surface area contributed by atoms with Crippen molar-refractivity contribution in [2.24, 2.45) is 0 Å². The number of amides is 3. The van der Waals surface area contributed by atoms with Crippen LogP contribution in [0.2, 0.25) is 0 Å². The van der Waals surface area contributed by atoms with Crippen LogP contribution in [0.25, 0.3) is 10.9 Å². The predicted octanol–water partition coefficient (Wildman–Crippen LogP) is 2.44. The number of nitrogens with zero attached hydrogens (tertiary/aromatic N) is 2. The topological polar surface area (TPSA) is 91.2 Å². The number of imide groups is 1. The third kappa shape index (κ3) is 2.57. The van der Waals surface area contributed by atoms with E-state index in [1.807, 2.05) is 30.5 Å². The summed E-state index contributed by atoms with van der Waals surface area (Å²) >= 11 is 0. The first-order chi connectivity index (χ1) is 12.0. The van der Waals surface area contributed by atoms with Crippen LogP contribution in [0, 0.1) is 13.8 Å². The van der Waals surface area contributed by atoms with Crippen molar-refractivity contribution in [3.05, 3.63) is 53.0 Å². The number of urea groups is 1. The zero-order valence-electron chi connectivity index (χ0n) is 14.0. The third-order valence-corrected chi connectivity index (χ3v) is 4.70. The molecule has 0 radical (unpaired) electrons. The predicted molar refractivity (Wildman–Crippen MR) is 90.8 cm³/mol. The highest BCUT2D eigenvalue weighted by atomic mass is 16.5. The molecule has 0 aliphatic carbocycles. The van der Waals surface area contributed by atoms with E-state index >= 15 is 0 Å². The van der Waals surface area contributed by atoms with E-state index in [0.717, 1.165) is 22.0 Å². The van der Waals surface area contributed by atoms with Gasteiger partial charge in [0.1, 0.15) is 11.8 Å². The van der Waals surface area contributed by atoms with Gasteiger partial charge in [0.2, 0.25) is 0 Å². The molecule has 25 heavy (non-hydrogen) atoms. The second-order valence-corrected chi connectivity index (χ2v) is 6.29. The van der Waals surface area contributed by atoms with Crippen LogP contribution in [-0.2, 0) is 17.8 Å². The van der Waals surface area contributed by atoms with Crippen molar-refractivity contribution in [2.75, 3.05) is 0 Å². The van der Waals surface area contributed by atoms with Crippen LogP contribution in [-0.4, -0.2) is 33.0 Å². The Morgan fingerprint density at radius 1 is 1.24 bits per heavy atom. The van der Waals surface area contributed by atoms with Crippen molar-refractivity contribution in [1.82, 2.24) is 20.4 Å². The maximum Gasteiger partial charge on any atom is 0.325 e. The fraction of sp³-hybridized carbons (Fsp3) is 0.278. The van der Waals surface area contributed by atoms with E-state index in [4.69, 9.17) is 4.52 Å². The molecule has 1 atom stereocenters. The van der Waals surface area contributed by atoms with E-state index in [9.17, 15) is 9.59 Å². The van der Waals surface area contributed by atoms with Crippen molar-refractivity contribution in [2.45, 2.75) is 32.9 Å². The summed E-state index contributed by atoms with van der Waals surface area (Å²) in [5.74, 6) is 0.397. The zero-order valence-corrected chi connectivity index (χ0v) is 14.0. The fourth-order valence-electron chi connectivity index (χ4n) is 3.27. The SMILES string of the molecule is Cc1noc(C)c1CN1C(=O)N[C@H](Cc2c[nH]c3ccccc23)C1=O. The Morgan fingerprint density at radius 2 is 2.04 bits per heavy atom. The summed E-state index contributed by atoms with van der Waals surface area (Å²) in [7, 11) is 0. The lowest BCUT2D eigenvalue weighted by Gasteiger charge is -2.12. The highest BCUT2D eigenvalue weighted by Gasteiger charge is 2.38. The van der Waals surface area contributed by atoms with E-state index in [1.165, 1.54) is 4.90 Å². The van der Waals surface area contributed by atoms with Crippen molar-refractivity contribution >= 4 is 22.8 Å². The average Bonchev–Trinajstić information content (AvgIpc) is 3.23. The lowest BCUT2D eigenvalue weighted by Crippen LogP contribution is -2.32. The number of H-pyrrole nitrogens is 1. The van der Waals surface area contributed by atoms with Crippen LogP contribution in [0.5, 0.6) is 0 Å². The molecule has 3 aromatic rings. The van der Waals surface area contributed by atoms with Gasteiger partial charge >= 0.3 is 6.03 Å². The molecule has 0 unspecified atom stereocenters. The quantitative estimate of drug-likeness (QED) is 0.715. The van der Waals surface area contributed by atoms with E-state index < -0.39 is 6.04 Å². The third-order valence-electron chi connectivity index (χ3n) is 4.70. The Hall–Kier alpha value is -3.09. The van der Waals surface area contributed by atoms with Crippen LogP contribution in [0.4, 0.5) is 4.79 Å². The fourth-order valence-corrected chi connectivity index (χ4v) is 3.27. The molecule has 3 heterocycles. The van der Waals surface area contributed by atoms with Gasteiger partial charge in [0.25, 0.3) is 5.91 Å². The molecule has 0 spiro atoms. The first-order valence-electron chi connectivity index (χ1n) is 8.13. The van der Waals surface area contributed by atoms with Gasteiger partial charge < -0.3 is 14.8 Å². The van der Waals surface area contributed by atoms with Crippen LogP contribution in [0.1, 0.15) is 22.6 Å². The average molecular weight is 338 g/mol. The van der Waals surface area contributed by atoms with Crippen LogP contribution in [0.3, 0.4) is 0 Å². The maximum atomic E-state index is 12.7. The number of hydrogen-bond donors (Lipinski definition) is 2. The molecule has 4 rings (SSSR count). The molecule has 1 aromatic carbocycles. The zero-order chi connectivity index (χ0) is 17.6. The number of nitrogens with one attached hydrogen (secondary N) is 2. The summed E-state index contributed by atoms with van der Waals surface area (Å²) < 4.78 is 5.11. The van der Waals surface area contributed by atoms with Crippen LogP contribution in [0.15, 0.2) is 35.0 Å². The standard InChI is InChI=1S/C18H18N4O3/c1-10-14(11(2)25-21-10)9-22-17(23)16(20-18(22)24)7-12-8-19-15-6-4-3-5-13(12)15/h3-6,8,16,19H,7,9H2,1-2H3,(H,20,24)/t16-/m1/s1. The number of aromatic amines is 1. The number of hydrogen-bond acceptors (Lipinski definition) is 4. The molecule has 1 aliphatic rings. The second-order valence-electron chi connectivity index (χ2n) is 6.29. The van der Waals surface area contributed by atoms with Crippen molar-refractivity contribution in [3.8, 4) is 0 Å². The van der Waals surface area contributed by atoms with E-state index in [0.29, 0.717) is 17.9 Å². The van der Waals surface area contributed by atoms with Gasteiger partial charge in [0.05, 0.1) is 12.2 Å². The minimum absolute atomic E-state index is 0.177. The van der Waals surface area contributed by atoms with Gasteiger partial charge in [0.15, 0.2) is 0 Å². The van der Waals surface area contributed by atoms with Crippen molar-refractivity contribution in [1.29, 1.82) is 0 Å². The molecule has 2 N–H and O–H groups in total. The largest absolute Gasteiger partial charge is 0.361 e. The smallest absolute Gasteiger partial charge is 0.325 e. The van der Waals surface area contributed by atoms with Crippen LogP contribution < -0.4 is 5.32 Å². The maximum absolute atomic E-state index is 12.7. The van der Waals surface area contributed by atoms with Gasteiger partial charge in [-0.3, -0.25) is 9.69 Å². The van der Waals surface area contributed by atoms with Gasteiger partial charge in [0, 0.05) is 29.1 Å². The first kappa shape index (κ1) is 15.4. The molecule has 2 aromatic heterocycles. The summed E-state index contributed by atoms with van der Waals surface area (Å²) in [6.07, 6.45) is 2.34. The number of carbonyl (C=O) groups is 2. The van der Waals surface area contributed by atoms with E-state index in [2.05, 4.69) is 15.5 Å². The Kier molecular flexibility index (Phi) is 3.56. The second kappa shape index (κ2) is 5.77. The number of benzene rings is 1. The number of carbonyl (C=O) groups excluding carboxylic acids is 2. The normalized spacial score (nSPS) is 17.5. The molecular formula is C18H18N4O3. The van der Waals surface area contributed by atoms with Gasteiger partial charge in [-0.1, -0.05) is 23.4 Å². The summed E-state index contributed by atoms with van der Waals surface area (Å²) in [6, 6.07) is 6.96. The molecule has 1 saturated heterocycles. The number of fused-ring (bicyclic) bond motifs is 1. The monoisotopic (exact) mass is 338 g/mol. The highest BCUT2D eigenvalue weighted by Crippen LogP contribution is 2.23. The van der Waals surface area contributed by atoms with E-state index in [-0.39, 0.29) is 18.5 Å². The lowest BCUT2D eigenvalue weighted by atomic mass is 10.0. The summed E-state index contributed by atoms with van der Waals surface area (Å²) in [5.41, 5.74) is 3.49. The Balaban J connectivity index is 1.55. The number of aryl methyl sites for hydroxylation is 2. The lowest BCUT2D eigenvalue weighted by molar-refractivity contribution is -0.127. The van der Waals surface area contributed by atoms with Crippen molar-refractivity contribution in [3.63, 3.8) is 0 Å². The summed E-state index contributed by atoms with van der Waals surface area (Å²) in [6.45, 7) is 3.75. The van der Waals surface area contributed by atoms with Gasteiger partial charge in [-0.2, -0.15) is 0 Å². The number of aromatic nitrogens is 2. The number of rotatable bonds is 4. The van der Waals surface area contributed by atoms with Crippen molar-refractivity contribution < 1.29 is 14.1 Å². The number of para-hydroxylation sites is 1. The molecule has 0 bridgehead atoms. The Bertz CT molecular complexity index is 952. The molecule has 1 fully saturated rings. The molecule has 3 amide bonds. The highest BCUT2D eigenvalue weighted by molar-refractivity contribution is 6.04. The van der Waals surface area contributed by atoms with E-state index in [1.54, 1.807) is 13.8 Å². The van der Waals surface area contributed by atoms with Gasteiger partial charge in [-0.05, 0) is 25.5 Å². The van der Waals surface area contributed by atoms with Gasteiger partial charge in [-0.15, -0.1) is 0 Å².